The van der Waals surface area contributed by atoms with E-state index >= 15 is 0 Å². The highest BCUT2D eigenvalue weighted by molar-refractivity contribution is 5.95. The van der Waals surface area contributed by atoms with Gasteiger partial charge in [0.05, 0.1) is 5.56 Å². The molecule has 0 saturated carbocycles. The summed E-state index contributed by atoms with van der Waals surface area (Å²) >= 11 is 0. The summed E-state index contributed by atoms with van der Waals surface area (Å²) in [6, 6.07) is 5.54. The van der Waals surface area contributed by atoms with Gasteiger partial charge in [0.15, 0.2) is 5.82 Å². The van der Waals surface area contributed by atoms with Crippen molar-refractivity contribution < 1.29 is 14.1 Å². The summed E-state index contributed by atoms with van der Waals surface area (Å²) in [5, 5.41) is 6.90. The van der Waals surface area contributed by atoms with Crippen LogP contribution in [0, 0.1) is 13.8 Å². The maximum Gasteiger partial charge on any atom is 0.258 e. The van der Waals surface area contributed by atoms with Crippen molar-refractivity contribution in [1.29, 1.82) is 0 Å². The zero-order valence-corrected chi connectivity index (χ0v) is 16.4. The molecule has 3 heterocycles. The number of aryl methyl sites for hydroxylation is 1. The topological polar surface area (TPSA) is 95.1 Å². The van der Waals surface area contributed by atoms with Crippen molar-refractivity contribution in [2.45, 2.75) is 33.2 Å². The molecule has 0 radical (unpaired) electrons. The van der Waals surface area contributed by atoms with Gasteiger partial charge in [-0.3, -0.25) is 9.78 Å². The first-order chi connectivity index (χ1) is 13.6. The number of amides is 1. The minimum absolute atomic E-state index is 0.0936. The van der Waals surface area contributed by atoms with Gasteiger partial charge < -0.3 is 19.1 Å². The molecule has 28 heavy (non-hydrogen) atoms. The molecule has 0 atom stereocenters. The minimum Gasteiger partial charge on any atom is -0.385 e. The van der Waals surface area contributed by atoms with Gasteiger partial charge in [-0.05, 0) is 38.5 Å². The number of pyridine rings is 1. The first-order valence-electron chi connectivity index (χ1n) is 9.27. The quantitative estimate of drug-likeness (QED) is 0.571. The van der Waals surface area contributed by atoms with E-state index in [2.05, 4.69) is 25.0 Å². The second kappa shape index (κ2) is 9.27. The second-order valence-corrected chi connectivity index (χ2v) is 6.54. The highest BCUT2D eigenvalue weighted by Crippen LogP contribution is 2.17. The lowest BCUT2D eigenvalue weighted by Crippen LogP contribution is -2.26. The van der Waals surface area contributed by atoms with E-state index < -0.39 is 0 Å². The van der Waals surface area contributed by atoms with Gasteiger partial charge in [-0.15, -0.1) is 0 Å². The predicted molar refractivity (Wildman–Crippen MR) is 104 cm³/mol. The van der Waals surface area contributed by atoms with E-state index in [1.54, 1.807) is 19.5 Å². The molecular formula is C20H25N5O3. The first kappa shape index (κ1) is 19.8. The third-order valence-corrected chi connectivity index (χ3v) is 4.58. The van der Waals surface area contributed by atoms with Crippen molar-refractivity contribution in [2.24, 2.45) is 0 Å². The normalized spacial score (nSPS) is 11.0. The maximum absolute atomic E-state index is 12.6. The van der Waals surface area contributed by atoms with Crippen LogP contribution in [-0.2, 0) is 17.7 Å². The molecule has 8 nitrogen and oxygen atoms in total. The maximum atomic E-state index is 12.6. The second-order valence-electron chi connectivity index (χ2n) is 6.54. The molecule has 1 amide bonds. The Labute approximate surface area is 163 Å². The van der Waals surface area contributed by atoms with Crippen LogP contribution in [-0.4, -0.2) is 45.9 Å². The van der Waals surface area contributed by atoms with Crippen LogP contribution in [0.25, 0.3) is 11.5 Å². The Balaban J connectivity index is 1.55. The first-order valence-corrected chi connectivity index (χ1v) is 9.27. The average molecular weight is 383 g/mol. The van der Waals surface area contributed by atoms with Crippen LogP contribution in [0.2, 0.25) is 0 Å². The summed E-state index contributed by atoms with van der Waals surface area (Å²) in [5.74, 6) is 0.907. The Hall–Kier alpha value is -3.00. The number of rotatable bonds is 9. The highest BCUT2D eigenvalue weighted by atomic mass is 16.5. The molecule has 3 rings (SSSR count). The summed E-state index contributed by atoms with van der Waals surface area (Å²) in [5.41, 5.74) is 3.55. The van der Waals surface area contributed by atoms with Crippen LogP contribution in [0.5, 0.6) is 0 Å². The van der Waals surface area contributed by atoms with Crippen LogP contribution in [0.1, 0.15) is 34.0 Å². The third kappa shape index (κ3) is 4.64. The zero-order valence-electron chi connectivity index (χ0n) is 16.4. The van der Waals surface area contributed by atoms with Crippen molar-refractivity contribution in [3.63, 3.8) is 0 Å². The van der Waals surface area contributed by atoms with Gasteiger partial charge in [-0.1, -0.05) is 5.16 Å². The smallest absolute Gasteiger partial charge is 0.258 e. The standard InChI is InChI=1S/C20H25N5O3/c1-14-13-17(15(2)25(14)11-4-12-27-3)19(26)22-10-7-18-23-20(28-24-18)16-5-8-21-9-6-16/h5-6,8-9,13H,4,7,10-12H2,1-3H3,(H,22,26). The molecule has 0 aromatic carbocycles. The molecule has 1 N–H and O–H groups in total. The Morgan fingerprint density at radius 3 is 2.82 bits per heavy atom. The van der Waals surface area contributed by atoms with Gasteiger partial charge in [-0.25, -0.2) is 0 Å². The average Bonchev–Trinajstić information content (AvgIpc) is 3.28. The SMILES string of the molecule is COCCCn1c(C)cc(C(=O)NCCc2noc(-c3ccncc3)n2)c1C. The van der Waals surface area contributed by atoms with Crippen molar-refractivity contribution in [2.75, 3.05) is 20.3 Å². The number of methoxy groups -OCH3 is 1. The molecule has 0 fully saturated rings. The van der Waals surface area contributed by atoms with Gasteiger partial charge in [0.25, 0.3) is 11.8 Å². The van der Waals surface area contributed by atoms with Crippen LogP contribution >= 0.6 is 0 Å². The van der Waals surface area contributed by atoms with E-state index in [0.29, 0.717) is 36.9 Å². The Morgan fingerprint density at radius 1 is 1.29 bits per heavy atom. The Bertz CT molecular complexity index is 917. The Morgan fingerprint density at radius 2 is 2.07 bits per heavy atom. The summed E-state index contributed by atoms with van der Waals surface area (Å²) in [6.45, 7) is 5.94. The van der Waals surface area contributed by atoms with Gasteiger partial charge >= 0.3 is 0 Å². The highest BCUT2D eigenvalue weighted by Gasteiger charge is 2.16. The fourth-order valence-corrected chi connectivity index (χ4v) is 3.09. The number of ether oxygens (including phenoxy) is 1. The molecule has 0 aliphatic rings. The molecule has 0 spiro atoms. The fourth-order valence-electron chi connectivity index (χ4n) is 3.09. The molecule has 0 aliphatic carbocycles. The van der Waals surface area contributed by atoms with Crippen LogP contribution in [0.4, 0.5) is 0 Å². The van der Waals surface area contributed by atoms with E-state index in [9.17, 15) is 4.79 Å². The molecule has 8 heteroatoms. The minimum atomic E-state index is -0.0936. The molecule has 0 saturated heterocycles. The fraction of sp³-hybridized carbons (Fsp3) is 0.400. The summed E-state index contributed by atoms with van der Waals surface area (Å²) < 4.78 is 12.5. The third-order valence-electron chi connectivity index (χ3n) is 4.58. The molecule has 3 aromatic rings. The number of aromatic nitrogens is 4. The molecule has 0 aliphatic heterocycles. The number of nitrogens with zero attached hydrogens (tertiary/aromatic N) is 4. The summed E-state index contributed by atoms with van der Waals surface area (Å²) in [6.07, 6.45) is 4.74. The predicted octanol–water partition coefficient (Wildman–Crippen LogP) is 2.56. The Kier molecular flexibility index (Phi) is 6.54. The monoisotopic (exact) mass is 383 g/mol. The summed E-state index contributed by atoms with van der Waals surface area (Å²) in [7, 11) is 1.69. The van der Waals surface area contributed by atoms with Crippen LogP contribution in [0.15, 0.2) is 35.1 Å². The van der Waals surface area contributed by atoms with Gasteiger partial charge in [-0.2, -0.15) is 4.98 Å². The molecule has 0 bridgehead atoms. The largest absolute Gasteiger partial charge is 0.385 e. The summed E-state index contributed by atoms with van der Waals surface area (Å²) in [4.78, 5) is 20.9. The van der Waals surface area contributed by atoms with Crippen molar-refractivity contribution >= 4 is 5.91 Å². The zero-order chi connectivity index (χ0) is 19.9. The number of hydrogen-bond acceptors (Lipinski definition) is 6. The number of carbonyl (C=O) groups excluding carboxylic acids is 1. The van der Waals surface area contributed by atoms with Gasteiger partial charge in [0.1, 0.15) is 0 Å². The number of hydrogen-bond donors (Lipinski definition) is 1. The van der Waals surface area contributed by atoms with Gasteiger partial charge in [0.2, 0.25) is 0 Å². The van der Waals surface area contributed by atoms with Gasteiger partial charge in [0, 0.05) is 62.6 Å². The molecule has 3 aromatic heterocycles. The van der Waals surface area contributed by atoms with E-state index in [1.165, 1.54) is 0 Å². The molecule has 0 unspecified atom stereocenters. The van der Waals surface area contributed by atoms with E-state index in [1.807, 2.05) is 32.0 Å². The molecule has 148 valence electrons. The van der Waals surface area contributed by atoms with E-state index in [-0.39, 0.29) is 5.91 Å². The number of carbonyl (C=O) groups is 1. The van der Waals surface area contributed by atoms with Crippen LogP contribution < -0.4 is 5.32 Å². The van der Waals surface area contributed by atoms with E-state index in [4.69, 9.17) is 9.26 Å². The molecular weight excluding hydrogens is 358 g/mol. The van der Waals surface area contributed by atoms with Crippen LogP contribution in [0.3, 0.4) is 0 Å². The van der Waals surface area contributed by atoms with E-state index in [0.717, 1.165) is 29.9 Å². The lowest BCUT2D eigenvalue weighted by molar-refractivity contribution is 0.0953. The van der Waals surface area contributed by atoms with Crippen molar-refractivity contribution in [3.8, 4) is 11.5 Å². The van der Waals surface area contributed by atoms with Crippen molar-refractivity contribution in [3.05, 3.63) is 53.4 Å². The number of nitrogens with one attached hydrogen (secondary N) is 1. The lowest BCUT2D eigenvalue weighted by Gasteiger charge is -2.09. The van der Waals surface area contributed by atoms with Crippen molar-refractivity contribution in [1.82, 2.24) is 25.0 Å². The lowest BCUT2D eigenvalue weighted by atomic mass is 10.2.